The minimum atomic E-state index is 0.293. The Bertz CT molecular complexity index is 1280. The van der Waals surface area contributed by atoms with Crippen molar-refractivity contribution in [3.05, 3.63) is 71.3 Å². The first kappa shape index (κ1) is 26.9. The van der Waals surface area contributed by atoms with Gasteiger partial charge in [-0.2, -0.15) is 5.10 Å². The van der Waals surface area contributed by atoms with Crippen LogP contribution in [0.2, 0.25) is 0 Å². The summed E-state index contributed by atoms with van der Waals surface area (Å²) in [5.74, 6) is 1.21. The van der Waals surface area contributed by atoms with Gasteiger partial charge in [-0.25, -0.2) is 9.67 Å². The standard InChI is InChI=1S/C32H40N6O/c33-29-25-27-18-17-26-13-8-9-14-28(26)32(27)35-38(29)20-12-6-4-2-1-3-5-7-16-31(39)37-23-21-36(22-24-37)30-15-10-11-19-34-30/h8-9,13-15,19,25,33H,1-7,12,16-18,20-24H2. The van der Waals surface area contributed by atoms with Crippen LogP contribution in [0.4, 0.5) is 5.82 Å². The number of anilines is 1. The summed E-state index contributed by atoms with van der Waals surface area (Å²) < 4.78 is 1.88. The van der Waals surface area contributed by atoms with E-state index in [1.807, 2.05) is 21.7 Å². The Kier molecular flexibility index (Phi) is 9.26. The van der Waals surface area contributed by atoms with Crippen molar-refractivity contribution in [1.82, 2.24) is 19.7 Å². The quantitative estimate of drug-likeness (QED) is 0.339. The second-order valence-electron chi connectivity index (χ2n) is 10.8. The van der Waals surface area contributed by atoms with E-state index in [0.717, 1.165) is 76.3 Å². The first-order valence-corrected chi connectivity index (χ1v) is 14.7. The van der Waals surface area contributed by atoms with Crippen LogP contribution in [0, 0.1) is 17.5 Å². The van der Waals surface area contributed by atoms with Gasteiger partial charge in [-0.15, -0.1) is 0 Å². The van der Waals surface area contributed by atoms with Crippen molar-refractivity contribution in [2.75, 3.05) is 31.1 Å². The molecule has 1 N–H and O–H groups in total. The Morgan fingerprint density at radius 1 is 0.872 bits per heavy atom. The lowest BCUT2D eigenvalue weighted by atomic mass is 9.89. The van der Waals surface area contributed by atoms with E-state index < -0.39 is 0 Å². The number of amides is 1. The number of hydrogen-bond acceptors (Lipinski definition) is 5. The molecule has 7 nitrogen and oxygen atoms in total. The Hall–Kier alpha value is -3.66. The summed E-state index contributed by atoms with van der Waals surface area (Å²) in [5.41, 5.74) is 5.39. The second kappa shape index (κ2) is 13.4. The van der Waals surface area contributed by atoms with Gasteiger partial charge in [0.25, 0.3) is 0 Å². The molecule has 0 bridgehead atoms. The van der Waals surface area contributed by atoms with Gasteiger partial charge in [0, 0.05) is 50.8 Å². The predicted octanol–water partition coefficient (Wildman–Crippen LogP) is 4.98. The third kappa shape index (κ3) is 7.06. The molecule has 0 saturated carbocycles. The van der Waals surface area contributed by atoms with Gasteiger partial charge >= 0.3 is 0 Å². The van der Waals surface area contributed by atoms with Crippen molar-refractivity contribution >= 4 is 11.7 Å². The lowest BCUT2D eigenvalue weighted by molar-refractivity contribution is -0.131. The number of hydrogen-bond donors (Lipinski definition) is 1. The van der Waals surface area contributed by atoms with Crippen LogP contribution in [0.25, 0.3) is 11.3 Å². The molecule has 0 atom stereocenters. The maximum absolute atomic E-state index is 12.6. The molecule has 39 heavy (non-hydrogen) atoms. The van der Waals surface area contributed by atoms with E-state index >= 15 is 0 Å². The monoisotopic (exact) mass is 524 g/mol. The van der Waals surface area contributed by atoms with E-state index in [-0.39, 0.29) is 0 Å². The number of carbonyl (C=O) groups is 1. The van der Waals surface area contributed by atoms with Crippen LogP contribution in [0.5, 0.6) is 0 Å². The normalized spacial score (nSPS) is 14.5. The maximum atomic E-state index is 12.6. The second-order valence-corrected chi connectivity index (χ2v) is 10.8. The van der Waals surface area contributed by atoms with Crippen LogP contribution in [0.1, 0.15) is 68.9 Å². The third-order valence-corrected chi connectivity index (χ3v) is 8.06. The molecule has 1 amide bonds. The Morgan fingerprint density at radius 3 is 2.36 bits per heavy atom. The number of piperazine rings is 1. The Balaban J connectivity index is 0.919. The van der Waals surface area contributed by atoms with E-state index in [1.165, 1.54) is 48.8 Å². The number of fused-ring (bicyclic) bond motifs is 3. The molecule has 2 aromatic heterocycles. The number of nitrogens with one attached hydrogen (secondary N) is 1. The summed E-state index contributed by atoms with van der Waals surface area (Å²) in [7, 11) is 0. The van der Waals surface area contributed by atoms with E-state index in [1.54, 1.807) is 6.20 Å². The fourth-order valence-electron chi connectivity index (χ4n) is 5.77. The Morgan fingerprint density at radius 2 is 1.59 bits per heavy atom. The zero-order valence-electron chi connectivity index (χ0n) is 23.0. The molecular weight excluding hydrogens is 484 g/mol. The molecule has 2 aliphatic rings. The molecule has 1 aromatic carbocycles. The zero-order valence-corrected chi connectivity index (χ0v) is 23.0. The first-order chi connectivity index (χ1) is 19.2. The summed E-state index contributed by atoms with van der Waals surface area (Å²) >= 11 is 0. The van der Waals surface area contributed by atoms with Gasteiger partial charge in [-0.3, -0.25) is 10.2 Å². The van der Waals surface area contributed by atoms with Crippen LogP contribution in [0.3, 0.4) is 0 Å². The molecule has 0 radical (unpaired) electrons. The molecule has 1 saturated heterocycles. The number of carbonyl (C=O) groups excluding carboxylic acids is 1. The van der Waals surface area contributed by atoms with E-state index in [9.17, 15) is 4.79 Å². The zero-order chi connectivity index (χ0) is 26.9. The summed E-state index contributed by atoms with van der Waals surface area (Å²) in [6, 6.07) is 18.2. The average molecular weight is 525 g/mol. The van der Waals surface area contributed by atoms with Crippen LogP contribution in [-0.4, -0.2) is 51.8 Å². The lowest BCUT2D eigenvalue weighted by Crippen LogP contribution is -2.49. The number of aryl methyl sites for hydroxylation is 3. The highest BCUT2D eigenvalue weighted by Crippen LogP contribution is 2.30. The van der Waals surface area contributed by atoms with Gasteiger partial charge in [-0.1, -0.05) is 68.9 Å². The van der Waals surface area contributed by atoms with E-state index in [0.29, 0.717) is 17.8 Å². The van der Waals surface area contributed by atoms with Gasteiger partial charge in [0.2, 0.25) is 5.91 Å². The molecule has 204 valence electrons. The highest BCUT2D eigenvalue weighted by Gasteiger charge is 2.21. The minimum absolute atomic E-state index is 0.293. The molecule has 5 rings (SSSR count). The van der Waals surface area contributed by atoms with E-state index in [4.69, 9.17) is 10.5 Å². The van der Waals surface area contributed by atoms with Crippen molar-refractivity contribution in [2.24, 2.45) is 0 Å². The third-order valence-electron chi connectivity index (χ3n) is 8.06. The first-order valence-electron chi connectivity index (χ1n) is 14.7. The fraction of sp³-hybridized carbons (Fsp3) is 0.500. The minimum Gasteiger partial charge on any atom is -0.353 e. The summed E-state index contributed by atoms with van der Waals surface area (Å²) in [6.45, 7) is 4.01. The molecule has 0 spiro atoms. The van der Waals surface area contributed by atoms with Crippen LogP contribution >= 0.6 is 0 Å². The number of rotatable bonds is 12. The van der Waals surface area contributed by atoms with Gasteiger partial charge in [0.05, 0.1) is 11.9 Å². The fourth-order valence-corrected chi connectivity index (χ4v) is 5.77. The van der Waals surface area contributed by atoms with Crippen molar-refractivity contribution in [3.63, 3.8) is 0 Å². The van der Waals surface area contributed by atoms with Crippen LogP contribution in [0.15, 0.2) is 42.6 Å². The predicted molar refractivity (Wildman–Crippen MR) is 153 cm³/mol. The maximum Gasteiger partial charge on any atom is 0.222 e. The largest absolute Gasteiger partial charge is 0.353 e. The molecule has 7 heteroatoms. The summed E-state index contributed by atoms with van der Waals surface area (Å²) in [5, 5.41) is 13.3. The van der Waals surface area contributed by atoms with Gasteiger partial charge in [0.1, 0.15) is 11.3 Å². The van der Waals surface area contributed by atoms with Gasteiger partial charge < -0.3 is 9.80 Å². The molecule has 0 unspecified atom stereocenters. The summed E-state index contributed by atoms with van der Waals surface area (Å²) in [4.78, 5) is 21.1. The highest BCUT2D eigenvalue weighted by atomic mass is 16.2. The van der Waals surface area contributed by atoms with Crippen LogP contribution < -0.4 is 10.4 Å². The molecular formula is C32H40N6O. The molecule has 1 aliphatic heterocycles. The number of unbranched alkanes of at least 4 members (excludes halogenated alkanes) is 7. The smallest absolute Gasteiger partial charge is 0.222 e. The van der Waals surface area contributed by atoms with Crippen molar-refractivity contribution in [1.29, 1.82) is 5.41 Å². The molecule has 1 fully saturated rings. The molecule has 3 heterocycles. The average Bonchev–Trinajstić information content (AvgIpc) is 2.98. The number of benzene rings is 1. The SMILES string of the molecule is N=c1cc2c(nn1CCCCCCCCCCC(=O)N1CCN(c3cc#ccn3)CC1)-c1ccccc1CC2. The van der Waals surface area contributed by atoms with Gasteiger partial charge in [0.15, 0.2) is 0 Å². The van der Waals surface area contributed by atoms with Gasteiger partial charge in [-0.05, 0) is 48.9 Å². The number of aromatic nitrogens is 3. The highest BCUT2D eigenvalue weighted by molar-refractivity contribution is 5.76. The van der Waals surface area contributed by atoms with E-state index in [2.05, 4.69) is 46.3 Å². The van der Waals surface area contributed by atoms with Crippen molar-refractivity contribution < 1.29 is 4.79 Å². The molecule has 3 aromatic rings. The number of nitrogens with zero attached hydrogens (tertiary/aromatic N) is 5. The van der Waals surface area contributed by atoms with Crippen LogP contribution in [-0.2, 0) is 24.2 Å². The lowest BCUT2D eigenvalue weighted by Gasteiger charge is -2.35. The van der Waals surface area contributed by atoms with Crippen molar-refractivity contribution in [2.45, 2.75) is 77.2 Å². The summed E-state index contributed by atoms with van der Waals surface area (Å²) in [6.07, 6.45) is 13.6. The van der Waals surface area contributed by atoms with Crippen molar-refractivity contribution in [3.8, 4) is 11.3 Å². The topological polar surface area (TPSA) is 78.1 Å². The Labute approximate surface area is 232 Å². The molecule has 1 aliphatic carbocycles.